The number of hydrogen-bond donors (Lipinski definition) is 1. The summed E-state index contributed by atoms with van der Waals surface area (Å²) in [5, 5.41) is 10.8. The van der Waals surface area contributed by atoms with Crippen LogP contribution in [0.25, 0.3) is 5.65 Å². The van der Waals surface area contributed by atoms with Gasteiger partial charge in [-0.3, -0.25) is 9.20 Å². The number of amides is 1. The second-order valence-electron chi connectivity index (χ2n) is 4.57. The van der Waals surface area contributed by atoms with Crippen LogP contribution in [0.1, 0.15) is 5.82 Å². The van der Waals surface area contributed by atoms with E-state index in [0.29, 0.717) is 18.1 Å². The summed E-state index contributed by atoms with van der Waals surface area (Å²) in [4.78, 5) is 11.8. The van der Waals surface area contributed by atoms with Gasteiger partial charge in [0.05, 0.1) is 6.54 Å². The number of carbonyl (C=O) groups excluding carboxylic acids is 1. The number of benzene rings is 1. The van der Waals surface area contributed by atoms with Gasteiger partial charge in [-0.25, -0.2) is 0 Å². The number of carbonyl (C=O) groups is 1. The first-order valence-corrected chi connectivity index (χ1v) is 7.45. The van der Waals surface area contributed by atoms with E-state index in [9.17, 15) is 4.79 Å². The summed E-state index contributed by atoms with van der Waals surface area (Å²) >= 11 is 3.35. The van der Waals surface area contributed by atoms with E-state index in [1.807, 2.05) is 40.9 Å². The molecule has 0 saturated carbocycles. The van der Waals surface area contributed by atoms with Crippen LogP contribution in [0.3, 0.4) is 0 Å². The van der Waals surface area contributed by atoms with Gasteiger partial charge < -0.3 is 10.1 Å². The average Bonchev–Trinajstić information content (AvgIpc) is 2.94. The number of hydrogen-bond acceptors (Lipinski definition) is 4. The number of fused-ring (bicyclic) bond motifs is 1. The molecule has 0 radical (unpaired) electrons. The molecule has 0 unspecified atom stereocenters. The van der Waals surface area contributed by atoms with Crippen molar-refractivity contribution in [2.75, 3.05) is 6.61 Å². The van der Waals surface area contributed by atoms with E-state index < -0.39 is 0 Å². The maximum atomic E-state index is 11.8. The lowest BCUT2D eigenvalue weighted by Crippen LogP contribution is -2.29. The number of halogens is 1. The number of ether oxygens (including phenoxy) is 1. The Morgan fingerprint density at radius 3 is 3.00 bits per heavy atom. The van der Waals surface area contributed by atoms with Gasteiger partial charge in [-0.15, -0.1) is 10.2 Å². The molecule has 0 aliphatic heterocycles. The van der Waals surface area contributed by atoms with Crippen molar-refractivity contribution in [3.63, 3.8) is 0 Å². The maximum absolute atomic E-state index is 11.8. The number of pyridine rings is 1. The second-order valence-corrected chi connectivity index (χ2v) is 5.48. The standard InChI is InChI=1S/C15H13BrN4O2/c16-11-4-3-5-12(8-11)22-10-15(21)17-9-14-19-18-13-6-1-2-7-20(13)14/h1-8H,9-10H2,(H,17,21). The Morgan fingerprint density at radius 2 is 2.14 bits per heavy atom. The van der Waals surface area contributed by atoms with E-state index in [0.717, 1.165) is 10.1 Å². The molecule has 3 aromatic rings. The van der Waals surface area contributed by atoms with Crippen molar-refractivity contribution < 1.29 is 9.53 Å². The number of nitrogens with zero attached hydrogens (tertiary/aromatic N) is 3. The quantitative estimate of drug-likeness (QED) is 0.757. The smallest absolute Gasteiger partial charge is 0.258 e. The van der Waals surface area contributed by atoms with Gasteiger partial charge in [0.15, 0.2) is 18.1 Å². The van der Waals surface area contributed by atoms with Crippen LogP contribution in [0, 0.1) is 0 Å². The molecule has 2 heterocycles. The summed E-state index contributed by atoms with van der Waals surface area (Å²) < 4.78 is 8.15. The summed E-state index contributed by atoms with van der Waals surface area (Å²) in [6.07, 6.45) is 1.86. The van der Waals surface area contributed by atoms with Crippen LogP contribution in [0.2, 0.25) is 0 Å². The van der Waals surface area contributed by atoms with E-state index >= 15 is 0 Å². The van der Waals surface area contributed by atoms with Crippen LogP contribution in [0.5, 0.6) is 5.75 Å². The highest BCUT2D eigenvalue weighted by atomic mass is 79.9. The number of rotatable bonds is 5. The highest BCUT2D eigenvalue weighted by molar-refractivity contribution is 9.10. The minimum atomic E-state index is -0.215. The molecule has 0 saturated heterocycles. The molecule has 22 heavy (non-hydrogen) atoms. The molecule has 6 nitrogen and oxygen atoms in total. The summed E-state index contributed by atoms with van der Waals surface area (Å²) in [7, 11) is 0. The average molecular weight is 361 g/mol. The van der Waals surface area contributed by atoms with Crippen molar-refractivity contribution in [2.24, 2.45) is 0 Å². The molecule has 0 fully saturated rings. The summed E-state index contributed by atoms with van der Waals surface area (Å²) in [6, 6.07) is 13.0. The number of aromatic nitrogens is 3. The van der Waals surface area contributed by atoms with Gasteiger partial charge in [0, 0.05) is 10.7 Å². The lowest BCUT2D eigenvalue weighted by Gasteiger charge is -2.07. The third-order valence-electron chi connectivity index (χ3n) is 2.99. The van der Waals surface area contributed by atoms with E-state index in [1.54, 1.807) is 12.1 Å². The van der Waals surface area contributed by atoms with E-state index in [1.165, 1.54) is 0 Å². The molecule has 7 heteroatoms. The van der Waals surface area contributed by atoms with Crippen LogP contribution in [0.15, 0.2) is 53.1 Å². The van der Waals surface area contributed by atoms with Gasteiger partial charge in [-0.2, -0.15) is 0 Å². The van der Waals surface area contributed by atoms with Gasteiger partial charge in [-0.05, 0) is 30.3 Å². The minimum absolute atomic E-state index is 0.0484. The Morgan fingerprint density at radius 1 is 1.23 bits per heavy atom. The second kappa shape index (κ2) is 6.57. The zero-order valence-electron chi connectivity index (χ0n) is 11.6. The zero-order chi connectivity index (χ0) is 15.4. The lowest BCUT2D eigenvalue weighted by molar-refractivity contribution is -0.123. The van der Waals surface area contributed by atoms with Crippen LogP contribution < -0.4 is 10.1 Å². The maximum Gasteiger partial charge on any atom is 0.258 e. The Kier molecular flexibility index (Phi) is 4.34. The normalized spacial score (nSPS) is 10.6. The molecule has 0 atom stereocenters. The third kappa shape index (κ3) is 3.43. The molecular weight excluding hydrogens is 348 g/mol. The van der Waals surface area contributed by atoms with Crippen LogP contribution >= 0.6 is 15.9 Å². The zero-order valence-corrected chi connectivity index (χ0v) is 13.2. The molecule has 2 aromatic heterocycles. The van der Waals surface area contributed by atoms with E-state index in [2.05, 4.69) is 31.4 Å². The lowest BCUT2D eigenvalue weighted by atomic mass is 10.3. The van der Waals surface area contributed by atoms with Gasteiger partial charge in [0.25, 0.3) is 5.91 Å². The largest absolute Gasteiger partial charge is 0.484 e. The number of nitrogens with one attached hydrogen (secondary N) is 1. The first-order chi connectivity index (χ1) is 10.7. The molecule has 0 aliphatic rings. The first kappa shape index (κ1) is 14.5. The molecule has 0 aliphatic carbocycles. The molecule has 0 spiro atoms. The SMILES string of the molecule is O=C(COc1cccc(Br)c1)NCc1nnc2ccccn12. The Labute approximate surface area is 135 Å². The van der Waals surface area contributed by atoms with Crippen molar-refractivity contribution >= 4 is 27.5 Å². The fourth-order valence-electron chi connectivity index (χ4n) is 1.95. The molecule has 112 valence electrons. The van der Waals surface area contributed by atoms with Crippen molar-refractivity contribution in [1.82, 2.24) is 19.9 Å². The topological polar surface area (TPSA) is 68.5 Å². The van der Waals surface area contributed by atoms with Gasteiger partial charge in [-0.1, -0.05) is 28.1 Å². The Bertz CT molecular complexity index is 803. The monoisotopic (exact) mass is 360 g/mol. The van der Waals surface area contributed by atoms with E-state index in [-0.39, 0.29) is 12.5 Å². The van der Waals surface area contributed by atoms with E-state index in [4.69, 9.17) is 4.74 Å². The summed E-state index contributed by atoms with van der Waals surface area (Å²) in [5.74, 6) is 1.09. The predicted molar refractivity (Wildman–Crippen MR) is 84.5 cm³/mol. The van der Waals surface area contributed by atoms with Crippen molar-refractivity contribution in [1.29, 1.82) is 0 Å². The van der Waals surface area contributed by atoms with Gasteiger partial charge in [0.1, 0.15) is 5.75 Å². The molecule has 3 rings (SSSR count). The summed E-state index contributed by atoms with van der Waals surface area (Å²) in [5.41, 5.74) is 0.747. The van der Waals surface area contributed by atoms with Crippen LogP contribution in [-0.2, 0) is 11.3 Å². The molecular formula is C15H13BrN4O2. The van der Waals surface area contributed by atoms with Crippen molar-refractivity contribution in [3.8, 4) is 5.75 Å². The summed E-state index contributed by atoms with van der Waals surface area (Å²) in [6.45, 7) is 0.249. The predicted octanol–water partition coefficient (Wildman–Crippen LogP) is 2.19. The molecule has 1 aromatic carbocycles. The first-order valence-electron chi connectivity index (χ1n) is 6.66. The van der Waals surface area contributed by atoms with Gasteiger partial charge in [0.2, 0.25) is 0 Å². The highest BCUT2D eigenvalue weighted by Crippen LogP contribution is 2.17. The van der Waals surface area contributed by atoms with Crippen LogP contribution in [0.4, 0.5) is 0 Å². The molecule has 0 bridgehead atoms. The van der Waals surface area contributed by atoms with Crippen molar-refractivity contribution in [2.45, 2.75) is 6.54 Å². The van der Waals surface area contributed by atoms with Crippen LogP contribution in [-0.4, -0.2) is 27.1 Å². The molecule has 1 N–H and O–H groups in total. The Balaban J connectivity index is 1.54. The Hall–Kier alpha value is -2.41. The molecule has 1 amide bonds. The highest BCUT2D eigenvalue weighted by Gasteiger charge is 2.07. The third-order valence-corrected chi connectivity index (χ3v) is 3.49. The van der Waals surface area contributed by atoms with Crippen molar-refractivity contribution in [3.05, 3.63) is 59.0 Å². The van der Waals surface area contributed by atoms with Gasteiger partial charge >= 0.3 is 0 Å². The fraction of sp³-hybridized carbons (Fsp3) is 0.133. The fourth-order valence-corrected chi connectivity index (χ4v) is 2.32. The minimum Gasteiger partial charge on any atom is -0.484 e.